The maximum atomic E-state index is 12.9. The van der Waals surface area contributed by atoms with E-state index in [0.717, 1.165) is 32.1 Å². The van der Waals surface area contributed by atoms with Gasteiger partial charge < -0.3 is 9.15 Å². The molecule has 1 atom stereocenters. The van der Waals surface area contributed by atoms with Gasteiger partial charge in [-0.3, -0.25) is 0 Å². The summed E-state index contributed by atoms with van der Waals surface area (Å²) >= 11 is 0. The molecule has 1 spiro atoms. The van der Waals surface area contributed by atoms with Gasteiger partial charge in [0, 0.05) is 6.04 Å². The van der Waals surface area contributed by atoms with Gasteiger partial charge in [-0.2, -0.15) is 4.31 Å². The second kappa shape index (κ2) is 6.57. The molecule has 1 saturated carbocycles. The zero-order valence-corrected chi connectivity index (χ0v) is 14.8. The summed E-state index contributed by atoms with van der Waals surface area (Å²) in [5.74, 6) is 0.746. The van der Waals surface area contributed by atoms with E-state index < -0.39 is 10.0 Å². The van der Waals surface area contributed by atoms with Gasteiger partial charge in [0.15, 0.2) is 0 Å². The fourth-order valence-corrected chi connectivity index (χ4v) is 5.53. The third-order valence-electron chi connectivity index (χ3n) is 5.06. The Labute approximate surface area is 139 Å². The Kier molecular flexibility index (Phi) is 4.85. The summed E-state index contributed by atoms with van der Waals surface area (Å²) < 4.78 is 38.8. The Balaban J connectivity index is 1.68. The molecule has 23 heavy (non-hydrogen) atoms. The van der Waals surface area contributed by atoms with Crippen LogP contribution in [0, 0.1) is 0 Å². The first-order valence-electron chi connectivity index (χ1n) is 8.60. The van der Waals surface area contributed by atoms with Crippen molar-refractivity contribution < 1.29 is 17.6 Å². The second-order valence-electron chi connectivity index (χ2n) is 7.17. The Hall–Kier alpha value is -0.850. The van der Waals surface area contributed by atoms with E-state index in [2.05, 4.69) is 0 Å². The maximum Gasteiger partial charge on any atom is 0.217 e. The van der Waals surface area contributed by atoms with Gasteiger partial charge in [0.05, 0.1) is 30.3 Å². The van der Waals surface area contributed by atoms with Crippen LogP contribution in [0.4, 0.5) is 0 Å². The lowest BCUT2D eigenvalue weighted by molar-refractivity contribution is -0.161. The molecule has 5 nitrogen and oxygen atoms in total. The molecule has 1 aromatic rings. The van der Waals surface area contributed by atoms with E-state index in [4.69, 9.17) is 9.15 Å². The van der Waals surface area contributed by atoms with Gasteiger partial charge >= 0.3 is 0 Å². The van der Waals surface area contributed by atoms with Gasteiger partial charge in [-0.05, 0) is 64.5 Å². The van der Waals surface area contributed by atoms with Gasteiger partial charge in [0.25, 0.3) is 0 Å². The summed E-state index contributed by atoms with van der Waals surface area (Å²) in [4.78, 5) is 0. The first kappa shape index (κ1) is 17.0. The van der Waals surface area contributed by atoms with E-state index in [1.807, 2.05) is 19.9 Å². The Morgan fingerprint density at radius 1 is 1.30 bits per heavy atom. The minimum atomic E-state index is -3.38. The van der Waals surface area contributed by atoms with Crippen molar-refractivity contribution >= 4 is 10.0 Å². The summed E-state index contributed by atoms with van der Waals surface area (Å²) in [5, 5.41) is 0. The second-order valence-corrected chi connectivity index (χ2v) is 9.13. The Bertz CT molecular complexity index is 605. The molecule has 0 N–H and O–H groups in total. The summed E-state index contributed by atoms with van der Waals surface area (Å²) in [5.41, 5.74) is -0.0118. The highest BCUT2D eigenvalue weighted by Crippen LogP contribution is 2.44. The fraction of sp³-hybridized carbons (Fsp3) is 0.765. The molecule has 0 aromatic carbocycles. The van der Waals surface area contributed by atoms with Crippen molar-refractivity contribution in [1.29, 1.82) is 0 Å². The lowest BCUT2D eigenvalue weighted by Crippen LogP contribution is -2.49. The van der Waals surface area contributed by atoms with E-state index in [0.29, 0.717) is 5.76 Å². The van der Waals surface area contributed by atoms with Crippen molar-refractivity contribution in [3.05, 3.63) is 24.2 Å². The van der Waals surface area contributed by atoms with Gasteiger partial charge in [-0.15, -0.1) is 0 Å². The molecule has 1 aromatic heterocycles. The van der Waals surface area contributed by atoms with Gasteiger partial charge in [0.1, 0.15) is 5.76 Å². The van der Waals surface area contributed by atoms with Gasteiger partial charge in [-0.25, -0.2) is 8.42 Å². The lowest BCUT2D eigenvalue weighted by atomic mass is 9.74. The first-order chi connectivity index (χ1) is 10.9. The predicted octanol–water partition coefficient (Wildman–Crippen LogP) is 3.31. The van der Waals surface area contributed by atoms with E-state index in [-0.39, 0.29) is 30.0 Å². The molecule has 2 heterocycles. The third kappa shape index (κ3) is 3.80. The zero-order chi connectivity index (χ0) is 16.5. The van der Waals surface area contributed by atoms with Crippen LogP contribution >= 0.6 is 0 Å². The van der Waals surface area contributed by atoms with Crippen molar-refractivity contribution in [3.8, 4) is 0 Å². The Morgan fingerprint density at radius 2 is 2.04 bits per heavy atom. The number of nitrogens with zero attached hydrogens (tertiary/aromatic N) is 1. The molecule has 1 aliphatic carbocycles. The molecule has 0 bridgehead atoms. The largest absolute Gasteiger partial charge is 0.468 e. The summed E-state index contributed by atoms with van der Waals surface area (Å²) in [6.45, 7) is 4.08. The van der Waals surface area contributed by atoms with Crippen LogP contribution in [-0.2, 0) is 21.3 Å². The van der Waals surface area contributed by atoms with Crippen LogP contribution in [0.3, 0.4) is 0 Å². The quantitative estimate of drug-likeness (QED) is 0.796. The summed E-state index contributed by atoms with van der Waals surface area (Å²) in [7, 11) is -3.38. The Morgan fingerprint density at radius 3 is 2.61 bits per heavy atom. The van der Waals surface area contributed by atoms with Crippen molar-refractivity contribution in [2.45, 2.75) is 76.7 Å². The summed E-state index contributed by atoms with van der Waals surface area (Å²) in [6.07, 6.45) is 7.78. The first-order valence-corrected chi connectivity index (χ1v) is 10.2. The van der Waals surface area contributed by atoms with Crippen molar-refractivity contribution in [3.63, 3.8) is 0 Å². The third-order valence-corrected chi connectivity index (χ3v) is 7.12. The highest BCUT2D eigenvalue weighted by molar-refractivity contribution is 7.89. The predicted molar refractivity (Wildman–Crippen MR) is 88.5 cm³/mol. The van der Waals surface area contributed by atoms with Crippen molar-refractivity contribution in [2.75, 3.05) is 5.75 Å². The average molecular weight is 341 g/mol. The highest BCUT2D eigenvalue weighted by atomic mass is 32.2. The molecule has 0 amide bonds. The molecular weight excluding hydrogens is 314 g/mol. The van der Waals surface area contributed by atoms with Crippen LogP contribution in [0.15, 0.2) is 22.8 Å². The molecule has 2 aliphatic rings. The SMILES string of the molecule is CC(C)N(Cc1ccco1)S(=O)(=O)CC1CCCC2(CCC2)O1. The molecule has 0 radical (unpaired) electrons. The fourth-order valence-electron chi connectivity index (χ4n) is 3.67. The molecule has 1 unspecified atom stereocenters. The van der Waals surface area contributed by atoms with Crippen LogP contribution in [0.25, 0.3) is 0 Å². The van der Waals surface area contributed by atoms with Crippen LogP contribution in [0.5, 0.6) is 0 Å². The zero-order valence-electron chi connectivity index (χ0n) is 14.0. The van der Waals surface area contributed by atoms with Crippen molar-refractivity contribution in [2.24, 2.45) is 0 Å². The number of ether oxygens (including phenoxy) is 1. The monoisotopic (exact) mass is 341 g/mol. The number of hydrogen-bond acceptors (Lipinski definition) is 4. The smallest absolute Gasteiger partial charge is 0.217 e. The number of furan rings is 1. The van der Waals surface area contributed by atoms with Crippen molar-refractivity contribution in [1.82, 2.24) is 4.31 Å². The molecule has 1 aliphatic heterocycles. The lowest BCUT2D eigenvalue weighted by Gasteiger charge is -2.47. The molecule has 130 valence electrons. The topological polar surface area (TPSA) is 59.8 Å². The van der Waals surface area contributed by atoms with E-state index in [1.165, 1.54) is 10.7 Å². The molecule has 3 rings (SSSR count). The van der Waals surface area contributed by atoms with Crippen LogP contribution in [0.2, 0.25) is 0 Å². The normalized spacial score (nSPS) is 24.3. The van der Waals surface area contributed by atoms with Crippen LogP contribution < -0.4 is 0 Å². The van der Waals surface area contributed by atoms with E-state index in [1.54, 1.807) is 12.3 Å². The number of rotatable bonds is 6. The number of sulfonamides is 1. The molecular formula is C17H27NO4S. The molecule has 2 fully saturated rings. The van der Waals surface area contributed by atoms with Gasteiger partial charge in [-0.1, -0.05) is 0 Å². The van der Waals surface area contributed by atoms with Crippen LogP contribution in [0.1, 0.15) is 58.1 Å². The summed E-state index contributed by atoms with van der Waals surface area (Å²) in [6, 6.07) is 3.49. The molecule has 6 heteroatoms. The average Bonchev–Trinajstić information content (AvgIpc) is 2.95. The van der Waals surface area contributed by atoms with Gasteiger partial charge in [0.2, 0.25) is 10.0 Å². The maximum absolute atomic E-state index is 12.9. The minimum absolute atomic E-state index is 0.0118. The van der Waals surface area contributed by atoms with E-state index >= 15 is 0 Å². The molecule has 1 saturated heterocycles. The van der Waals surface area contributed by atoms with E-state index in [9.17, 15) is 8.42 Å². The standard InChI is InChI=1S/C17H27NO4S/c1-14(2)18(12-15-7-4-11-21-15)23(19,20)13-16-6-3-8-17(22-16)9-5-10-17/h4,7,11,14,16H,3,5-6,8-10,12-13H2,1-2H3. The van der Waals surface area contributed by atoms with Crippen LogP contribution in [-0.4, -0.2) is 36.2 Å². The number of hydrogen-bond donors (Lipinski definition) is 0. The highest BCUT2D eigenvalue weighted by Gasteiger charge is 2.43. The minimum Gasteiger partial charge on any atom is -0.468 e.